The molecule has 1 heterocycles. The van der Waals surface area contributed by atoms with E-state index in [1.807, 2.05) is 6.92 Å². The highest BCUT2D eigenvalue weighted by atomic mass is 16.5. The number of hydrogen-bond donors (Lipinski definition) is 0. The zero-order valence-electron chi connectivity index (χ0n) is 11.1. The molecule has 0 spiro atoms. The summed E-state index contributed by atoms with van der Waals surface area (Å²) in [5.41, 5.74) is 0. The highest BCUT2D eigenvalue weighted by molar-refractivity contribution is 5.71. The van der Waals surface area contributed by atoms with Crippen molar-refractivity contribution < 1.29 is 13.9 Å². The Morgan fingerprint density at radius 2 is 2.06 bits per heavy atom. The van der Waals surface area contributed by atoms with Crippen LogP contribution in [0.15, 0.2) is 22.8 Å². The van der Waals surface area contributed by atoms with Crippen molar-refractivity contribution in [1.29, 1.82) is 0 Å². The minimum absolute atomic E-state index is 0.0534. The molecule has 0 fully saturated rings. The first-order valence-electron chi connectivity index (χ1n) is 6.19. The average molecular weight is 238 g/mol. The number of rotatable bonds is 6. The number of esters is 1. The van der Waals surface area contributed by atoms with Gasteiger partial charge in [-0.3, -0.25) is 4.79 Å². The van der Waals surface area contributed by atoms with Crippen LogP contribution in [0.3, 0.4) is 0 Å². The third-order valence-corrected chi connectivity index (χ3v) is 3.20. The van der Waals surface area contributed by atoms with Gasteiger partial charge in [-0.1, -0.05) is 27.7 Å². The lowest BCUT2D eigenvalue weighted by Gasteiger charge is -2.19. The van der Waals surface area contributed by atoms with Gasteiger partial charge in [0.1, 0.15) is 12.4 Å². The van der Waals surface area contributed by atoms with E-state index in [2.05, 4.69) is 20.8 Å². The molecule has 1 aromatic heterocycles. The molecule has 17 heavy (non-hydrogen) atoms. The monoisotopic (exact) mass is 238 g/mol. The van der Waals surface area contributed by atoms with Crippen molar-refractivity contribution in [2.45, 2.75) is 40.7 Å². The van der Waals surface area contributed by atoms with E-state index in [0.29, 0.717) is 17.6 Å². The highest BCUT2D eigenvalue weighted by Gasteiger charge is 2.19. The Balaban J connectivity index is 2.32. The molecule has 3 heteroatoms. The number of ether oxygens (including phenoxy) is 1. The van der Waals surface area contributed by atoms with E-state index in [1.165, 1.54) is 0 Å². The maximum absolute atomic E-state index is 11.7. The Morgan fingerprint density at radius 1 is 1.35 bits per heavy atom. The van der Waals surface area contributed by atoms with Crippen LogP contribution in [0.25, 0.3) is 0 Å². The molecule has 0 aliphatic carbocycles. The van der Waals surface area contributed by atoms with Gasteiger partial charge in [0.25, 0.3) is 0 Å². The van der Waals surface area contributed by atoms with Gasteiger partial charge in [-0.15, -0.1) is 0 Å². The van der Waals surface area contributed by atoms with Crippen LogP contribution in [-0.2, 0) is 16.1 Å². The third kappa shape index (κ3) is 4.63. The SMILES string of the molecule is CC(CC(C)C(C)C)C(=O)OCc1ccco1. The molecule has 1 rings (SSSR count). The van der Waals surface area contributed by atoms with Gasteiger partial charge in [0.15, 0.2) is 0 Å². The molecule has 1 aromatic rings. The van der Waals surface area contributed by atoms with Crippen molar-refractivity contribution in [2.24, 2.45) is 17.8 Å². The lowest BCUT2D eigenvalue weighted by Crippen LogP contribution is -2.19. The topological polar surface area (TPSA) is 39.4 Å². The lowest BCUT2D eigenvalue weighted by molar-refractivity contribution is -0.150. The first kappa shape index (κ1) is 13.8. The van der Waals surface area contributed by atoms with Gasteiger partial charge in [-0.2, -0.15) is 0 Å². The van der Waals surface area contributed by atoms with Crippen LogP contribution in [0.1, 0.15) is 39.9 Å². The van der Waals surface area contributed by atoms with Crippen LogP contribution < -0.4 is 0 Å². The Labute approximate surface area is 103 Å². The maximum Gasteiger partial charge on any atom is 0.309 e. The summed E-state index contributed by atoms with van der Waals surface area (Å²) in [6.07, 6.45) is 2.45. The van der Waals surface area contributed by atoms with Crippen LogP contribution in [0, 0.1) is 17.8 Å². The fraction of sp³-hybridized carbons (Fsp3) is 0.643. The largest absolute Gasteiger partial charge is 0.466 e. The van der Waals surface area contributed by atoms with Gasteiger partial charge in [0, 0.05) is 0 Å². The van der Waals surface area contributed by atoms with Gasteiger partial charge in [0.05, 0.1) is 12.2 Å². The Bertz CT molecular complexity index is 327. The first-order valence-corrected chi connectivity index (χ1v) is 6.19. The standard InChI is InChI=1S/C14H22O3/c1-10(2)11(3)8-12(4)14(15)17-9-13-6-5-7-16-13/h5-7,10-12H,8-9H2,1-4H3. The minimum Gasteiger partial charge on any atom is -0.466 e. The van der Waals surface area contributed by atoms with Gasteiger partial charge >= 0.3 is 5.97 Å². The summed E-state index contributed by atoms with van der Waals surface area (Å²) in [5, 5.41) is 0. The summed E-state index contributed by atoms with van der Waals surface area (Å²) >= 11 is 0. The number of furan rings is 1. The number of hydrogen-bond acceptors (Lipinski definition) is 3. The molecular formula is C14H22O3. The summed E-state index contributed by atoms with van der Waals surface area (Å²) in [5.74, 6) is 1.61. The second-order valence-corrected chi connectivity index (χ2v) is 5.05. The normalized spacial score (nSPS) is 14.6. The van der Waals surface area contributed by atoms with Gasteiger partial charge in [0.2, 0.25) is 0 Å². The molecule has 0 aliphatic rings. The molecular weight excluding hydrogens is 216 g/mol. The predicted molar refractivity (Wildman–Crippen MR) is 66.3 cm³/mol. The van der Waals surface area contributed by atoms with E-state index in [9.17, 15) is 4.79 Å². The second-order valence-electron chi connectivity index (χ2n) is 5.05. The predicted octanol–water partition coefficient (Wildman–Crippen LogP) is 3.64. The van der Waals surface area contributed by atoms with Crippen LogP contribution in [-0.4, -0.2) is 5.97 Å². The van der Waals surface area contributed by atoms with Crippen molar-refractivity contribution in [3.8, 4) is 0 Å². The van der Waals surface area contributed by atoms with E-state index in [-0.39, 0.29) is 18.5 Å². The van der Waals surface area contributed by atoms with Crippen molar-refractivity contribution in [3.63, 3.8) is 0 Å². The van der Waals surface area contributed by atoms with Crippen LogP contribution in [0.5, 0.6) is 0 Å². The maximum atomic E-state index is 11.7. The minimum atomic E-state index is -0.145. The van der Waals surface area contributed by atoms with Crippen molar-refractivity contribution in [1.82, 2.24) is 0 Å². The van der Waals surface area contributed by atoms with Crippen LogP contribution >= 0.6 is 0 Å². The summed E-state index contributed by atoms with van der Waals surface area (Å²) in [4.78, 5) is 11.7. The average Bonchev–Trinajstić information content (AvgIpc) is 2.78. The van der Waals surface area contributed by atoms with Crippen molar-refractivity contribution >= 4 is 5.97 Å². The fourth-order valence-corrected chi connectivity index (χ4v) is 1.61. The molecule has 2 unspecified atom stereocenters. The molecule has 3 nitrogen and oxygen atoms in total. The molecule has 0 amide bonds. The Morgan fingerprint density at radius 3 is 2.59 bits per heavy atom. The van der Waals surface area contributed by atoms with Crippen molar-refractivity contribution in [3.05, 3.63) is 24.2 Å². The molecule has 96 valence electrons. The van der Waals surface area contributed by atoms with Crippen LogP contribution in [0.4, 0.5) is 0 Å². The number of carbonyl (C=O) groups excluding carboxylic acids is 1. The molecule has 0 aliphatic heterocycles. The molecule has 0 radical (unpaired) electrons. The molecule has 0 bridgehead atoms. The highest BCUT2D eigenvalue weighted by Crippen LogP contribution is 2.20. The van der Waals surface area contributed by atoms with Gasteiger partial charge in [-0.05, 0) is 30.4 Å². The van der Waals surface area contributed by atoms with E-state index in [0.717, 1.165) is 6.42 Å². The van der Waals surface area contributed by atoms with Gasteiger partial charge in [-0.25, -0.2) is 0 Å². The molecule has 0 saturated heterocycles. The van der Waals surface area contributed by atoms with E-state index < -0.39 is 0 Å². The summed E-state index contributed by atoms with van der Waals surface area (Å²) in [6.45, 7) is 8.66. The van der Waals surface area contributed by atoms with E-state index in [4.69, 9.17) is 9.15 Å². The van der Waals surface area contributed by atoms with E-state index in [1.54, 1.807) is 18.4 Å². The molecule has 0 saturated carbocycles. The van der Waals surface area contributed by atoms with Crippen molar-refractivity contribution in [2.75, 3.05) is 0 Å². The second kappa shape index (κ2) is 6.48. The van der Waals surface area contributed by atoms with Gasteiger partial charge < -0.3 is 9.15 Å². The first-order chi connectivity index (χ1) is 8.00. The zero-order valence-corrected chi connectivity index (χ0v) is 11.1. The Kier molecular flexibility index (Phi) is 5.26. The number of carbonyl (C=O) groups is 1. The summed E-state index contributed by atoms with van der Waals surface area (Å²) < 4.78 is 10.3. The Hall–Kier alpha value is -1.25. The zero-order chi connectivity index (χ0) is 12.8. The smallest absolute Gasteiger partial charge is 0.309 e. The summed E-state index contributed by atoms with van der Waals surface area (Å²) in [6, 6.07) is 3.59. The van der Waals surface area contributed by atoms with Crippen LogP contribution in [0.2, 0.25) is 0 Å². The molecule has 2 atom stereocenters. The molecule has 0 N–H and O–H groups in total. The third-order valence-electron chi connectivity index (χ3n) is 3.20. The lowest BCUT2D eigenvalue weighted by atomic mass is 9.89. The fourth-order valence-electron chi connectivity index (χ4n) is 1.61. The quantitative estimate of drug-likeness (QED) is 0.710. The summed E-state index contributed by atoms with van der Waals surface area (Å²) in [7, 11) is 0. The molecule has 0 aromatic carbocycles. The van der Waals surface area contributed by atoms with E-state index >= 15 is 0 Å².